The minimum Gasteiger partial charge on any atom is -0.380 e. The summed E-state index contributed by atoms with van der Waals surface area (Å²) in [6, 6.07) is 8.01. The van der Waals surface area contributed by atoms with Crippen molar-refractivity contribution in [2.24, 2.45) is 0 Å². The van der Waals surface area contributed by atoms with E-state index >= 15 is 0 Å². The number of hydrogen-bond acceptors (Lipinski definition) is 4. The molecule has 26 heavy (non-hydrogen) atoms. The number of halogens is 1. The Labute approximate surface area is 160 Å². The second-order valence-corrected chi connectivity index (χ2v) is 7.22. The molecule has 0 aliphatic carbocycles. The van der Waals surface area contributed by atoms with Gasteiger partial charge in [0.2, 0.25) is 0 Å². The van der Waals surface area contributed by atoms with Crippen LogP contribution in [0.25, 0.3) is 5.57 Å². The number of aryl methyl sites for hydroxylation is 2. The molecule has 138 valence electrons. The van der Waals surface area contributed by atoms with E-state index in [1.165, 1.54) is 0 Å². The SMILES string of the molecule is C=C/C=C1/c2c(C)nnn2CCC(Nc2ccc(Cl)cc2)C1(C)NCC. The van der Waals surface area contributed by atoms with Crippen molar-refractivity contribution in [3.8, 4) is 0 Å². The number of hydrogen-bond donors (Lipinski definition) is 2. The van der Waals surface area contributed by atoms with Crippen LogP contribution in [0.5, 0.6) is 0 Å². The molecule has 3 rings (SSSR count). The number of nitrogens with one attached hydrogen (secondary N) is 2. The number of likely N-dealkylation sites (N-methyl/N-ethyl adjacent to an activating group) is 1. The van der Waals surface area contributed by atoms with E-state index in [0.717, 1.165) is 47.2 Å². The van der Waals surface area contributed by atoms with Gasteiger partial charge < -0.3 is 10.6 Å². The van der Waals surface area contributed by atoms with Crippen molar-refractivity contribution in [1.29, 1.82) is 0 Å². The van der Waals surface area contributed by atoms with Crippen molar-refractivity contribution in [2.75, 3.05) is 11.9 Å². The lowest BCUT2D eigenvalue weighted by atomic mass is 9.80. The van der Waals surface area contributed by atoms with E-state index in [-0.39, 0.29) is 11.6 Å². The maximum Gasteiger partial charge on any atom is 0.0893 e. The molecule has 0 saturated carbocycles. The van der Waals surface area contributed by atoms with E-state index in [0.29, 0.717) is 0 Å². The Kier molecular flexibility index (Phi) is 5.49. The van der Waals surface area contributed by atoms with Gasteiger partial charge in [-0.05, 0) is 51.1 Å². The van der Waals surface area contributed by atoms with E-state index in [9.17, 15) is 0 Å². The van der Waals surface area contributed by atoms with Crippen LogP contribution in [-0.2, 0) is 6.54 Å². The molecule has 2 N–H and O–H groups in total. The molecule has 1 aliphatic rings. The highest BCUT2D eigenvalue weighted by Crippen LogP contribution is 2.37. The number of aromatic nitrogens is 3. The first kappa shape index (κ1) is 18.7. The molecule has 1 aliphatic heterocycles. The molecular weight excluding hydrogens is 346 g/mol. The summed E-state index contributed by atoms with van der Waals surface area (Å²) in [5, 5.41) is 16.8. The van der Waals surface area contributed by atoms with Crippen molar-refractivity contribution in [3.05, 3.63) is 59.4 Å². The maximum atomic E-state index is 6.04. The van der Waals surface area contributed by atoms with Gasteiger partial charge in [0, 0.05) is 22.8 Å². The van der Waals surface area contributed by atoms with Crippen molar-refractivity contribution in [3.63, 3.8) is 0 Å². The van der Waals surface area contributed by atoms with Gasteiger partial charge in [0.15, 0.2) is 0 Å². The van der Waals surface area contributed by atoms with Gasteiger partial charge >= 0.3 is 0 Å². The molecule has 1 aromatic carbocycles. The highest BCUT2D eigenvalue weighted by Gasteiger charge is 2.41. The van der Waals surface area contributed by atoms with Crippen LogP contribution in [0.2, 0.25) is 5.02 Å². The van der Waals surface area contributed by atoms with Gasteiger partial charge in [-0.25, -0.2) is 4.68 Å². The molecule has 2 heterocycles. The average Bonchev–Trinajstić information content (AvgIpc) is 2.93. The van der Waals surface area contributed by atoms with Crippen molar-refractivity contribution < 1.29 is 0 Å². The molecule has 0 radical (unpaired) electrons. The van der Waals surface area contributed by atoms with Crippen molar-refractivity contribution >= 4 is 22.9 Å². The van der Waals surface area contributed by atoms with Gasteiger partial charge in [0.1, 0.15) is 0 Å². The monoisotopic (exact) mass is 371 g/mol. The Hall–Kier alpha value is -2.11. The number of nitrogens with zero attached hydrogens (tertiary/aromatic N) is 3. The molecule has 0 saturated heterocycles. The van der Waals surface area contributed by atoms with Gasteiger partial charge in [-0.1, -0.05) is 42.5 Å². The molecule has 1 aromatic heterocycles. The Balaban J connectivity index is 2.06. The summed E-state index contributed by atoms with van der Waals surface area (Å²) in [4.78, 5) is 0. The van der Waals surface area contributed by atoms with Gasteiger partial charge in [-0.3, -0.25) is 0 Å². The third kappa shape index (κ3) is 3.41. The third-order valence-corrected chi connectivity index (χ3v) is 5.31. The number of anilines is 1. The van der Waals surface area contributed by atoms with Crippen LogP contribution >= 0.6 is 11.6 Å². The summed E-state index contributed by atoms with van der Waals surface area (Å²) in [7, 11) is 0. The fraction of sp³-hybridized carbons (Fsp3) is 0.400. The lowest BCUT2D eigenvalue weighted by Gasteiger charge is -2.40. The quantitative estimate of drug-likeness (QED) is 0.832. The Morgan fingerprint density at radius 2 is 2.12 bits per heavy atom. The zero-order valence-electron chi connectivity index (χ0n) is 15.6. The van der Waals surface area contributed by atoms with E-state index in [1.807, 2.05) is 41.9 Å². The van der Waals surface area contributed by atoms with Crippen LogP contribution < -0.4 is 10.6 Å². The lowest BCUT2D eigenvalue weighted by Crippen LogP contribution is -2.55. The minimum absolute atomic E-state index is 0.163. The minimum atomic E-state index is -0.302. The van der Waals surface area contributed by atoms with Gasteiger partial charge in [0.25, 0.3) is 0 Å². The molecular formula is C20H26ClN5. The first-order chi connectivity index (χ1) is 12.5. The molecule has 0 spiro atoms. The highest BCUT2D eigenvalue weighted by molar-refractivity contribution is 6.30. The molecule has 0 bridgehead atoms. The number of fused-ring (bicyclic) bond motifs is 1. The van der Waals surface area contributed by atoms with E-state index in [1.54, 1.807) is 0 Å². The Morgan fingerprint density at radius 1 is 1.38 bits per heavy atom. The van der Waals surface area contributed by atoms with Crippen LogP contribution in [0.15, 0.2) is 43.0 Å². The first-order valence-electron chi connectivity index (χ1n) is 9.00. The standard InChI is InChI=1S/C20H26ClN5/c1-5-7-17-19-14(3)24-25-26(19)13-12-18(20(17,4)22-6-2)23-16-10-8-15(21)9-11-16/h5,7-11,18,22-23H,1,6,12-13H2,2-4H3/b17-7-. The second-order valence-electron chi connectivity index (χ2n) is 6.79. The molecule has 2 aromatic rings. The number of benzene rings is 1. The molecule has 2 unspecified atom stereocenters. The lowest BCUT2D eigenvalue weighted by molar-refractivity contribution is 0.378. The Bertz CT molecular complexity index is 808. The third-order valence-electron chi connectivity index (χ3n) is 5.06. The first-order valence-corrected chi connectivity index (χ1v) is 9.38. The molecule has 0 fully saturated rings. The van der Waals surface area contributed by atoms with E-state index in [2.05, 4.69) is 47.4 Å². The highest BCUT2D eigenvalue weighted by atomic mass is 35.5. The van der Waals surface area contributed by atoms with Gasteiger partial charge in [0.05, 0.1) is 23.0 Å². The maximum absolute atomic E-state index is 6.04. The second kappa shape index (κ2) is 7.64. The predicted molar refractivity (Wildman–Crippen MR) is 108 cm³/mol. The number of allylic oxidation sites excluding steroid dienone is 2. The van der Waals surface area contributed by atoms with Crippen molar-refractivity contribution in [2.45, 2.75) is 45.3 Å². The van der Waals surface area contributed by atoms with Crippen LogP contribution in [0.3, 0.4) is 0 Å². The van der Waals surface area contributed by atoms with E-state index < -0.39 is 0 Å². The molecule has 2 atom stereocenters. The smallest absolute Gasteiger partial charge is 0.0893 e. The zero-order chi connectivity index (χ0) is 18.7. The Morgan fingerprint density at radius 3 is 2.77 bits per heavy atom. The van der Waals surface area contributed by atoms with E-state index in [4.69, 9.17) is 11.6 Å². The van der Waals surface area contributed by atoms with Crippen LogP contribution in [0, 0.1) is 6.92 Å². The number of rotatable bonds is 5. The molecule has 6 heteroatoms. The molecule has 0 amide bonds. The van der Waals surface area contributed by atoms with Crippen LogP contribution in [0.4, 0.5) is 5.69 Å². The van der Waals surface area contributed by atoms with Gasteiger partial charge in [-0.2, -0.15) is 0 Å². The van der Waals surface area contributed by atoms with Crippen LogP contribution in [0.1, 0.15) is 31.7 Å². The summed E-state index contributed by atoms with van der Waals surface area (Å²) < 4.78 is 2.00. The fourth-order valence-corrected chi connectivity index (χ4v) is 3.91. The summed E-state index contributed by atoms with van der Waals surface area (Å²) in [6.07, 6.45) is 4.83. The summed E-state index contributed by atoms with van der Waals surface area (Å²) in [6.45, 7) is 12.0. The van der Waals surface area contributed by atoms with Crippen molar-refractivity contribution in [1.82, 2.24) is 20.3 Å². The predicted octanol–water partition coefficient (Wildman–Crippen LogP) is 4.06. The summed E-state index contributed by atoms with van der Waals surface area (Å²) >= 11 is 6.04. The molecule has 5 nitrogen and oxygen atoms in total. The normalized spacial score (nSPS) is 24.2. The summed E-state index contributed by atoms with van der Waals surface area (Å²) in [5.74, 6) is 0. The largest absolute Gasteiger partial charge is 0.380 e. The fourth-order valence-electron chi connectivity index (χ4n) is 3.78. The summed E-state index contributed by atoms with van der Waals surface area (Å²) in [5.41, 5.74) is 3.92. The van der Waals surface area contributed by atoms with Gasteiger partial charge in [-0.15, -0.1) is 5.10 Å². The average molecular weight is 372 g/mol. The van der Waals surface area contributed by atoms with Crippen LogP contribution in [-0.4, -0.2) is 33.1 Å². The topological polar surface area (TPSA) is 54.8 Å². The zero-order valence-corrected chi connectivity index (χ0v) is 16.3.